The van der Waals surface area contributed by atoms with Crippen LogP contribution in [0, 0.1) is 5.92 Å². The van der Waals surface area contributed by atoms with E-state index in [0.717, 1.165) is 18.0 Å². The molecule has 1 nitrogen and oxygen atoms in total. The molecule has 0 amide bonds. The molecule has 0 bridgehead atoms. The second-order valence-electron chi connectivity index (χ2n) is 4.05. The van der Waals surface area contributed by atoms with Gasteiger partial charge in [-0.2, -0.15) is 0 Å². The van der Waals surface area contributed by atoms with Gasteiger partial charge in [-0.05, 0) is 37.0 Å². The van der Waals surface area contributed by atoms with E-state index >= 15 is 0 Å². The number of aliphatic imine (C=N–C) groups is 1. The summed E-state index contributed by atoms with van der Waals surface area (Å²) < 4.78 is 0. The highest BCUT2D eigenvalue weighted by molar-refractivity contribution is 6.30. The van der Waals surface area contributed by atoms with Crippen molar-refractivity contribution in [3.63, 3.8) is 0 Å². The maximum Gasteiger partial charge on any atom is 0.0451 e. The van der Waals surface area contributed by atoms with Gasteiger partial charge in [0, 0.05) is 23.2 Å². The fourth-order valence-corrected chi connectivity index (χ4v) is 1.79. The van der Waals surface area contributed by atoms with Gasteiger partial charge in [-0.1, -0.05) is 30.7 Å². The third kappa shape index (κ3) is 2.82. The first-order valence-corrected chi connectivity index (χ1v) is 5.99. The van der Waals surface area contributed by atoms with Crippen LogP contribution in [-0.2, 0) is 0 Å². The minimum absolute atomic E-state index is 0.706. The van der Waals surface area contributed by atoms with Gasteiger partial charge in [0.15, 0.2) is 0 Å². The Labute approximate surface area is 96.2 Å². The Bertz CT molecular complexity index is 349. The van der Waals surface area contributed by atoms with Crippen LogP contribution < -0.4 is 0 Å². The highest BCUT2D eigenvalue weighted by Crippen LogP contribution is 2.33. The summed E-state index contributed by atoms with van der Waals surface area (Å²) in [6.07, 6.45) is 3.71. The second-order valence-corrected chi connectivity index (χ2v) is 4.48. The quantitative estimate of drug-likeness (QED) is 0.683. The Balaban J connectivity index is 2.20. The van der Waals surface area contributed by atoms with Crippen molar-refractivity contribution in [3.8, 4) is 0 Å². The fraction of sp³-hybridized carbons (Fsp3) is 0.462. The van der Waals surface area contributed by atoms with Crippen LogP contribution in [0.4, 0.5) is 0 Å². The van der Waals surface area contributed by atoms with E-state index in [1.54, 1.807) is 0 Å². The van der Waals surface area contributed by atoms with Crippen LogP contribution in [0.3, 0.4) is 0 Å². The molecule has 1 saturated carbocycles. The van der Waals surface area contributed by atoms with Crippen molar-refractivity contribution in [2.75, 3.05) is 6.54 Å². The van der Waals surface area contributed by atoms with Gasteiger partial charge < -0.3 is 0 Å². The average Bonchev–Trinajstić information content (AvgIpc) is 3.05. The molecule has 0 aromatic heterocycles. The lowest BCUT2D eigenvalue weighted by Crippen LogP contribution is -2.04. The Morgan fingerprint density at radius 3 is 2.53 bits per heavy atom. The van der Waals surface area contributed by atoms with Crippen molar-refractivity contribution in [3.05, 3.63) is 34.9 Å². The molecule has 15 heavy (non-hydrogen) atoms. The molecule has 1 aromatic carbocycles. The van der Waals surface area contributed by atoms with Gasteiger partial charge in [0.25, 0.3) is 0 Å². The van der Waals surface area contributed by atoms with Gasteiger partial charge in [0.2, 0.25) is 0 Å². The lowest BCUT2D eigenvalue weighted by molar-refractivity contribution is 0.921. The summed E-state index contributed by atoms with van der Waals surface area (Å²) in [5.74, 6) is 0.706. The van der Waals surface area contributed by atoms with Crippen LogP contribution in [0.15, 0.2) is 29.3 Å². The van der Waals surface area contributed by atoms with E-state index in [0.29, 0.717) is 5.92 Å². The molecule has 2 heteroatoms. The SMILES string of the molecule is CCCN=C(c1ccc(Cl)cc1)C1CC1. The molecule has 1 aliphatic carbocycles. The zero-order valence-corrected chi connectivity index (χ0v) is 9.80. The molecule has 80 valence electrons. The molecular formula is C13H16ClN. The van der Waals surface area contributed by atoms with Gasteiger partial charge in [0.05, 0.1) is 0 Å². The van der Waals surface area contributed by atoms with E-state index in [9.17, 15) is 0 Å². The standard InChI is InChI=1S/C13H16ClN/c1-2-9-15-13(10-3-4-10)11-5-7-12(14)8-6-11/h5-8,10H,2-4,9H2,1H3. The van der Waals surface area contributed by atoms with Crippen molar-refractivity contribution < 1.29 is 0 Å². The average molecular weight is 222 g/mol. The van der Waals surface area contributed by atoms with Gasteiger partial charge in [-0.25, -0.2) is 0 Å². The van der Waals surface area contributed by atoms with Crippen LogP contribution in [-0.4, -0.2) is 12.3 Å². The zero-order chi connectivity index (χ0) is 10.7. The van der Waals surface area contributed by atoms with E-state index in [1.165, 1.54) is 24.1 Å². The van der Waals surface area contributed by atoms with E-state index in [1.807, 2.05) is 12.1 Å². The van der Waals surface area contributed by atoms with Crippen LogP contribution in [0.1, 0.15) is 31.7 Å². The van der Waals surface area contributed by atoms with Crippen LogP contribution in [0.5, 0.6) is 0 Å². The van der Waals surface area contributed by atoms with Gasteiger partial charge >= 0.3 is 0 Å². The summed E-state index contributed by atoms with van der Waals surface area (Å²) in [6, 6.07) is 8.05. The molecule has 0 N–H and O–H groups in total. The van der Waals surface area contributed by atoms with E-state index in [-0.39, 0.29) is 0 Å². The fourth-order valence-electron chi connectivity index (χ4n) is 1.67. The first-order chi connectivity index (χ1) is 7.31. The molecule has 2 rings (SSSR count). The summed E-state index contributed by atoms with van der Waals surface area (Å²) in [5.41, 5.74) is 2.53. The largest absolute Gasteiger partial charge is 0.289 e. The lowest BCUT2D eigenvalue weighted by atomic mass is 10.1. The molecule has 1 aromatic rings. The van der Waals surface area contributed by atoms with Crippen molar-refractivity contribution >= 4 is 17.3 Å². The number of halogens is 1. The third-order valence-electron chi connectivity index (χ3n) is 2.61. The number of nitrogens with zero attached hydrogens (tertiary/aromatic N) is 1. The summed E-state index contributed by atoms with van der Waals surface area (Å²) in [7, 11) is 0. The number of benzene rings is 1. The second kappa shape index (κ2) is 4.80. The van der Waals surface area contributed by atoms with Crippen molar-refractivity contribution in [2.24, 2.45) is 10.9 Å². The molecule has 0 saturated heterocycles. The summed E-state index contributed by atoms with van der Waals surface area (Å²) in [4.78, 5) is 4.68. The molecule has 0 heterocycles. The number of hydrogen-bond donors (Lipinski definition) is 0. The predicted molar refractivity (Wildman–Crippen MR) is 65.9 cm³/mol. The Hall–Kier alpha value is -0.820. The minimum Gasteiger partial charge on any atom is -0.289 e. The lowest BCUT2D eigenvalue weighted by Gasteiger charge is -2.05. The minimum atomic E-state index is 0.706. The summed E-state index contributed by atoms with van der Waals surface area (Å²) >= 11 is 5.88. The van der Waals surface area contributed by atoms with Gasteiger partial charge in [-0.15, -0.1) is 0 Å². The van der Waals surface area contributed by atoms with Gasteiger partial charge in [-0.3, -0.25) is 4.99 Å². The summed E-state index contributed by atoms with van der Waals surface area (Å²) in [5, 5.41) is 0.796. The molecule has 0 spiro atoms. The molecule has 0 radical (unpaired) electrons. The maximum absolute atomic E-state index is 5.88. The summed E-state index contributed by atoms with van der Waals surface area (Å²) in [6.45, 7) is 3.10. The molecule has 0 unspecified atom stereocenters. The Kier molecular flexibility index (Phi) is 3.42. The first-order valence-electron chi connectivity index (χ1n) is 5.61. The van der Waals surface area contributed by atoms with Gasteiger partial charge in [0.1, 0.15) is 0 Å². The van der Waals surface area contributed by atoms with Crippen LogP contribution in [0.2, 0.25) is 5.02 Å². The Morgan fingerprint density at radius 2 is 2.00 bits per heavy atom. The van der Waals surface area contributed by atoms with Crippen LogP contribution >= 0.6 is 11.6 Å². The Morgan fingerprint density at radius 1 is 1.33 bits per heavy atom. The zero-order valence-electron chi connectivity index (χ0n) is 9.04. The molecular weight excluding hydrogens is 206 g/mol. The number of hydrogen-bond acceptors (Lipinski definition) is 1. The van der Waals surface area contributed by atoms with E-state index in [2.05, 4.69) is 24.0 Å². The monoisotopic (exact) mass is 221 g/mol. The van der Waals surface area contributed by atoms with Crippen molar-refractivity contribution in [2.45, 2.75) is 26.2 Å². The first kappa shape index (κ1) is 10.7. The highest BCUT2D eigenvalue weighted by atomic mass is 35.5. The smallest absolute Gasteiger partial charge is 0.0451 e. The highest BCUT2D eigenvalue weighted by Gasteiger charge is 2.28. The number of rotatable bonds is 4. The third-order valence-corrected chi connectivity index (χ3v) is 2.86. The topological polar surface area (TPSA) is 12.4 Å². The van der Waals surface area contributed by atoms with E-state index in [4.69, 9.17) is 11.6 Å². The predicted octanol–water partition coefficient (Wildman–Crippen LogP) is 3.95. The normalized spacial score (nSPS) is 16.8. The maximum atomic E-state index is 5.88. The van der Waals surface area contributed by atoms with Crippen molar-refractivity contribution in [1.82, 2.24) is 0 Å². The van der Waals surface area contributed by atoms with Crippen molar-refractivity contribution in [1.29, 1.82) is 0 Å². The molecule has 0 aliphatic heterocycles. The molecule has 1 fully saturated rings. The molecule has 0 atom stereocenters. The van der Waals surface area contributed by atoms with Crippen LogP contribution in [0.25, 0.3) is 0 Å². The molecule has 1 aliphatic rings. The van der Waals surface area contributed by atoms with E-state index < -0.39 is 0 Å².